The summed E-state index contributed by atoms with van der Waals surface area (Å²) in [5.41, 5.74) is 0.727. The van der Waals surface area contributed by atoms with Gasteiger partial charge < -0.3 is 19.7 Å². The Morgan fingerprint density at radius 2 is 1.73 bits per heavy atom. The van der Waals surface area contributed by atoms with Crippen LogP contribution in [-0.2, 0) is 14.6 Å². The molecule has 0 heterocycles. The Morgan fingerprint density at radius 3 is 2.38 bits per heavy atom. The first kappa shape index (κ1) is 19.7. The van der Waals surface area contributed by atoms with Gasteiger partial charge >= 0.3 is 5.97 Å². The molecule has 0 saturated heterocycles. The van der Waals surface area contributed by atoms with Crippen LogP contribution in [0.25, 0.3) is 0 Å². The number of carboxylic acid groups (broad SMARTS) is 1. The lowest BCUT2D eigenvalue weighted by atomic mass is 10.2. The van der Waals surface area contributed by atoms with Crippen molar-refractivity contribution in [3.8, 4) is 11.5 Å². The van der Waals surface area contributed by atoms with Crippen LogP contribution in [0.3, 0.4) is 0 Å². The van der Waals surface area contributed by atoms with Crippen molar-refractivity contribution in [2.45, 2.75) is 11.8 Å². The summed E-state index contributed by atoms with van der Waals surface area (Å²) in [6, 6.07) is 10.5. The Morgan fingerprint density at radius 1 is 1.04 bits per heavy atom. The number of ether oxygens (including phenoxy) is 2. The fourth-order valence-electron chi connectivity index (χ4n) is 2.13. The zero-order chi connectivity index (χ0) is 19.2. The SMILES string of the molecule is Cc1ccc(S(=O)(=O)CCOCCOc2ccc(O)c(C(=O)O)c2)cc1. The van der Waals surface area contributed by atoms with Gasteiger partial charge in [-0.3, -0.25) is 0 Å². The second-order valence-corrected chi connectivity index (χ2v) is 7.69. The molecule has 2 rings (SSSR count). The summed E-state index contributed by atoms with van der Waals surface area (Å²) in [7, 11) is -3.40. The molecule has 0 aliphatic heterocycles. The van der Waals surface area contributed by atoms with Crippen molar-refractivity contribution < 1.29 is 32.9 Å². The van der Waals surface area contributed by atoms with Gasteiger partial charge in [0.1, 0.15) is 23.7 Å². The monoisotopic (exact) mass is 380 g/mol. The van der Waals surface area contributed by atoms with Crippen molar-refractivity contribution >= 4 is 15.8 Å². The predicted molar refractivity (Wildman–Crippen MR) is 94.6 cm³/mol. The molecule has 0 atom stereocenters. The number of phenols is 1. The largest absolute Gasteiger partial charge is 0.507 e. The molecule has 0 bridgehead atoms. The third kappa shape index (κ3) is 5.47. The number of aromatic carboxylic acids is 1. The highest BCUT2D eigenvalue weighted by Gasteiger charge is 2.14. The molecule has 0 unspecified atom stereocenters. The van der Waals surface area contributed by atoms with E-state index in [2.05, 4.69) is 0 Å². The maximum absolute atomic E-state index is 12.1. The van der Waals surface area contributed by atoms with Crippen molar-refractivity contribution in [3.05, 3.63) is 53.6 Å². The fourth-order valence-corrected chi connectivity index (χ4v) is 3.25. The number of carbonyl (C=O) groups is 1. The van der Waals surface area contributed by atoms with Crippen molar-refractivity contribution in [2.75, 3.05) is 25.6 Å². The Labute approximate surface area is 151 Å². The van der Waals surface area contributed by atoms with Crippen LogP contribution in [0.4, 0.5) is 0 Å². The molecule has 0 aliphatic rings. The van der Waals surface area contributed by atoms with E-state index in [-0.39, 0.29) is 47.5 Å². The van der Waals surface area contributed by atoms with E-state index in [1.165, 1.54) is 18.2 Å². The number of hydrogen-bond acceptors (Lipinski definition) is 6. The van der Waals surface area contributed by atoms with Crippen LogP contribution in [0, 0.1) is 6.92 Å². The minimum absolute atomic E-state index is 0.0233. The van der Waals surface area contributed by atoms with E-state index in [4.69, 9.17) is 14.6 Å². The molecule has 0 aliphatic carbocycles. The Kier molecular flexibility index (Phi) is 6.59. The molecule has 0 saturated carbocycles. The molecule has 0 spiro atoms. The summed E-state index contributed by atoms with van der Waals surface area (Å²) < 4.78 is 34.9. The number of sulfone groups is 1. The Bertz CT molecular complexity index is 858. The van der Waals surface area contributed by atoms with Crippen LogP contribution in [0.5, 0.6) is 11.5 Å². The predicted octanol–water partition coefficient (Wildman–Crippen LogP) is 2.27. The number of benzene rings is 2. The molecule has 0 fully saturated rings. The van der Waals surface area contributed by atoms with Crippen LogP contribution >= 0.6 is 0 Å². The summed E-state index contributed by atoms with van der Waals surface area (Å²) in [6.45, 7) is 2.17. The van der Waals surface area contributed by atoms with Crippen LogP contribution in [-0.4, -0.2) is 50.2 Å². The summed E-state index contributed by atoms with van der Waals surface area (Å²) in [6.07, 6.45) is 0. The number of aryl methyl sites for hydroxylation is 1. The highest BCUT2D eigenvalue weighted by molar-refractivity contribution is 7.91. The summed E-state index contributed by atoms with van der Waals surface area (Å²) in [4.78, 5) is 11.2. The van der Waals surface area contributed by atoms with E-state index in [1.807, 2.05) is 6.92 Å². The third-order valence-corrected chi connectivity index (χ3v) is 5.27. The molecule has 2 aromatic carbocycles. The minimum Gasteiger partial charge on any atom is -0.507 e. The number of carboxylic acids is 1. The lowest BCUT2D eigenvalue weighted by Gasteiger charge is -2.09. The molecule has 7 nitrogen and oxygen atoms in total. The van der Waals surface area contributed by atoms with E-state index in [9.17, 15) is 18.3 Å². The maximum Gasteiger partial charge on any atom is 0.339 e. The summed E-state index contributed by atoms with van der Waals surface area (Å²) in [5, 5.41) is 18.3. The standard InChI is InChI=1S/C18H20O7S/c1-13-2-5-15(6-3-13)26(22,23)11-10-24-8-9-25-14-4-7-17(19)16(12-14)18(20)21/h2-7,12,19H,8-11H2,1H3,(H,20,21). The van der Waals surface area contributed by atoms with Crippen molar-refractivity contribution in [1.29, 1.82) is 0 Å². The van der Waals surface area contributed by atoms with Gasteiger partial charge in [-0.1, -0.05) is 17.7 Å². The third-order valence-electron chi connectivity index (χ3n) is 3.57. The van der Waals surface area contributed by atoms with Gasteiger partial charge in [0.15, 0.2) is 9.84 Å². The maximum atomic E-state index is 12.1. The van der Waals surface area contributed by atoms with Crippen molar-refractivity contribution in [1.82, 2.24) is 0 Å². The first-order valence-electron chi connectivity index (χ1n) is 7.86. The van der Waals surface area contributed by atoms with E-state index >= 15 is 0 Å². The van der Waals surface area contributed by atoms with E-state index in [0.29, 0.717) is 0 Å². The smallest absolute Gasteiger partial charge is 0.339 e. The molecule has 2 aromatic rings. The van der Waals surface area contributed by atoms with Crippen LogP contribution in [0.2, 0.25) is 0 Å². The fraction of sp³-hybridized carbons (Fsp3) is 0.278. The molecule has 0 radical (unpaired) electrons. The zero-order valence-corrected chi connectivity index (χ0v) is 15.0. The van der Waals surface area contributed by atoms with Gasteiger partial charge in [0, 0.05) is 0 Å². The molecule has 8 heteroatoms. The van der Waals surface area contributed by atoms with E-state index in [1.54, 1.807) is 24.3 Å². The molecular weight excluding hydrogens is 360 g/mol. The average Bonchev–Trinajstić information content (AvgIpc) is 2.59. The molecular formula is C18H20O7S. The number of rotatable bonds is 9. The number of hydrogen-bond donors (Lipinski definition) is 2. The first-order valence-corrected chi connectivity index (χ1v) is 9.51. The average molecular weight is 380 g/mol. The lowest BCUT2D eigenvalue weighted by Crippen LogP contribution is -2.15. The Hall–Kier alpha value is -2.58. The van der Waals surface area contributed by atoms with Gasteiger partial charge in [-0.05, 0) is 37.3 Å². The van der Waals surface area contributed by atoms with Gasteiger partial charge in [0.05, 0.1) is 23.9 Å². The molecule has 2 N–H and O–H groups in total. The second-order valence-electron chi connectivity index (χ2n) is 5.58. The van der Waals surface area contributed by atoms with Gasteiger partial charge in [0.2, 0.25) is 0 Å². The topological polar surface area (TPSA) is 110 Å². The van der Waals surface area contributed by atoms with Crippen LogP contribution < -0.4 is 4.74 Å². The molecule has 0 aromatic heterocycles. The molecule has 140 valence electrons. The van der Waals surface area contributed by atoms with Crippen molar-refractivity contribution in [2.24, 2.45) is 0 Å². The summed E-state index contributed by atoms with van der Waals surface area (Å²) >= 11 is 0. The molecule has 26 heavy (non-hydrogen) atoms. The van der Waals surface area contributed by atoms with Crippen molar-refractivity contribution in [3.63, 3.8) is 0 Å². The Balaban J connectivity index is 1.75. The second kappa shape index (κ2) is 8.68. The van der Waals surface area contributed by atoms with Gasteiger partial charge in [-0.2, -0.15) is 0 Å². The minimum atomic E-state index is -3.40. The van der Waals surface area contributed by atoms with Crippen LogP contribution in [0.1, 0.15) is 15.9 Å². The zero-order valence-electron chi connectivity index (χ0n) is 14.2. The highest BCUT2D eigenvalue weighted by atomic mass is 32.2. The molecule has 0 amide bonds. The quantitative estimate of drug-likeness (QED) is 0.642. The normalized spacial score (nSPS) is 11.3. The van der Waals surface area contributed by atoms with Gasteiger partial charge in [-0.25, -0.2) is 13.2 Å². The lowest BCUT2D eigenvalue weighted by molar-refractivity contribution is 0.0693. The highest BCUT2D eigenvalue weighted by Crippen LogP contribution is 2.22. The number of aromatic hydroxyl groups is 1. The van der Waals surface area contributed by atoms with E-state index in [0.717, 1.165) is 5.56 Å². The van der Waals surface area contributed by atoms with Gasteiger partial charge in [-0.15, -0.1) is 0 Å². The van der Waals surface area contributed by atoms with Crippen LogP contribution in [0.15, 0.2) is 47.4 Å². The van der Waals surface area contributed by atoms with E-state index < -0.39 is 15.8 Å². The van der Waals surface area contributed by atoms with Gasteiger partial charge in [0.25, 0.3) is 0 Å². The first-order chi connectivity index (χ1) is 12.3. The summed E-state index contributed by atoms with van der Waals surface area (Å²) in [5.74, 6) is -1.47.